The van der Waals surface area contributed by atoms with Crippen molar-refractivity contribution in [3.8, 4) is 0 Å². The Kier molecular flexibility index (Phi) is 4.28. The van der Waals surface area contributed by atoms with Gasteiger partial charge in [0.15, 0.2) is 0 Å². The molecule has 1 amide bonds. The van der Waals surface area contributed by atoms with Gasteiger partial charge in [0, 0.05) is 26.2 Å². The summed E-state index contributed by atoms with van der Waals surface area (Å²) in [5, 5.41) is 6.42. The summed E-state index contributed by atoms with van der Waals surface area (Å²) in [5.41, 5.74) is 0.245. The third-order valence-electron chi connectivity index (χ3n) is 4.62. The molecule has 2 aliphatic rings. The molecule has 4 heteroatoms. The van der Waals surface area contributed by atoms with Gasteiger partial charge in [-0.15, -0.1) is 0 Å². The molecule has 18 heavy (non-hydrogen) atoms. The second-order valence-corrected chi connectivity index (χ2v) is 6.60. The number of carbonyl (C=O) groups is 1. The first kappa shape index (κ1) is 13.8. The van der Waals surface area contributed by atoms with E-state index in [0.29, 0.717) is 0 Å². The Morgan fingerprint density at radius 3 is 2.72 bits per heavy atom. The van der Waals surface area contributed by atoms with Gasteiger partial charge in [-0.2, -0.15) is 0 Å². The van der Waals surface area contributed by atoms with Crippen LogP contribution in [0, 0.1) is 11.3 Å². The maximum absolute atomic E-state index is 12.1. The molecule has 104 valence electrons. The molecule has 0 aromatic carbocycles. The van der Waals surface area contributed by atoms with E-state index in [2.05, 4.69) is 36.4 Å². The predicted molar refractivity (Wildman–Crippen MR) is 73.4 cm³/mol. The summed E-state index contributed by atoms with van der Waals surface area (Å²) >= 11 is 0. The van der Waals surface area contributed by atoms with Crippen LogP contribution in [0.4, 0.5) is 0 Å². The standard InChI is InChI=1S/C14H27N3O/c1-14(2,11-5-4-6-11)10-16-13(18)12-9-17(3)8-7-15-12/h11-12,15H,4-10H2,1-3H3,(H,16,18). The Morgan fingerprint density at radius 2 is 2.17 bits per heavy atom. The number of hydrogen-bond acceptors (Lipinski definition) is 3. The topological polar surface area (TPSA) is 44.4 Å². The highest BCUT2D eigenvalue weighted by molar-refractivity contribution is 5.82. The van der Waals surface area contributed by atoms with Crippen LogP contribution in [0.5, 0.6) is 0 Å². The van der Waals surface area contributed by atoms with Gasteiger partial charge in [0.05, 0.1) is 6.04 Å². The van der Waals surface area contributed by atoms with Crippen LogP contribution in [0.25, 0.3) is 0 Å². The minimum absolute atomic E-state index is 0.0408. The van der Waals surface area contributed by atoms with Crippen LogP contribution in [-0.2, 0) is 4.79 Å². The van der Waals surface area contributed by atoms with Gasteiger partial charge in [-0.1, -0.05) is 20.3 Å². The summed E-state index contributed by atoms with van der Waals surface area (Å²) in [5.74, 6) is 0.953. The molecule has 1 heterocycles. The van der Waals surface area contributed by atoms with E-state index in [4.69, 9.17) is 0 Å². The van der Waals surface area contributed by atoms with Crippen molar-refractivity contribution < 1.29 is 4.79 Å². The first-order valence-corrected chi connectivity index (χ1v) is 7.19. The minimum atomic E-state index is -0.0408. The molecule has 0 radical (unpaired) electrons. The highest BCUT2D eigenvalue weighted by Gasteiger charge is 2.34. The fourth-order valence-electron chi connectivity index (χ4n) is 2.84. The molecule has 0 bridgehead atoms. The Bertz CT molecular complexity index is 299. The molecule has 1 aliphatic carbocycles. The van der Waals surface area contributed by atoms with Gasteiger partial charge in [0.1, 0.15) is 0 Å². The number of nitrogens with one attached hydrogen (secondary N) is 2. The molecule has 2 fully saturated rings. The molecule has 0 aromatic heterocycles. The molecule has 2 N–H and O–H groups in total. The number of likely N-dealkylation sites (N-methyl/N-ethyl adjacent to an activating group) is 1. The largest absolute Gasteiger partial charge is 0.354 e. The average molecular weight is 253 g/mol. The normalized spacial score (nSPS) is 26.7. The Balaban J connectivity index is 1.76. The zero-order valence-electron chi connectivity index (χ0n) is 12.0. The predicted octanol–water partition coefficient (Wildman–Crippen LogP) is 0.832. The Morgan fingerprint density at radius 1 is 1.44 bits per heavy atom. The lowest BCUT2D eigenvalue weighted by Crippen LogP contribution is -2.57. The second-order valence-electron chi connectivity index (χ2n) is 6.60. The Labute approximate surface area is 110 Å². The quantitative estimate of drug-likeness (QED) is 0.780. The van der Waals surface area contributed by atoms with Crippen molar-refractivity contribution in [1.82, 2.24) is 15.5 Å². The monoisotopic (exact) mass is 253 g/mol. The SMILES string of the molecule is CN1CCNC(C(=O)NCC(C)(C)C2CCC2)C1. The number of hydrogen-bond donors (Lipinski definition) is 2. The van der Waals surface area contributed by atoms with E-state index in [9.17, 15) is 4.79 Å². The summed E-state index contributed by atoms with van der Waals surface area (Å²) in [6.07, 6.45) is 4.01. The summed E-state index contributed by atoms with van der Waals surface area (Å²) in [6, 6.07) is -0.0408. The molecule has 0 aromatic rings. The molecule has 1 saturated heterocycles. The number of carbonyl (C=O) groups excluding carboxylic acids is 1. The van der Waals surface area contributed by atoms with E-state index in [0.717, 1.165) is 32.1 Å². The van der Waals surface area contributed by atoms with Crippen LogP contribution in [0.2, 0.25) is 0 Å². The van der Waals surface area contributed by atoms with Crippen molar-refractivity contribution in [1.29, 1.82) is 0 Å². The van der Waals surface area contributed by atoms with Crippen molar-refractivity contribution in [3.63, 3.8) is 0 Å². The summed E-state index contributed by atoms with van der Waals surface area (Å²) in [6.45, 7) is 8.10. The van der Waals surface area contributed by atoms with Crippen LogP contribution in [0.3, 0.4) is 0 Å². The third kappa shape index (κ3) is 3.23. The van der Waals surface area contributed by atoms with E-state index in [1.807, 2.05) is 0 Å². The number of nitrogens with zero attached hydrogens (tertiary/aromatic N) is 1. The lowest BCUT2D eigenvalue weighted by atomic mass is 9.67. The highest BCUT2D eigenvalue weighted by atomic mass is 16.2. The first-order chi connectivity index (χ1) is 8.49. The Hall–Kier alpha value is -0.610. The van der Waals surface area contributed by atoms with Gasteiger partial charge in [-0.25, -0.2) is 0 Å². The number of amides is 1. The molecule has 1 unspecified atom stereocenters. The van der Waals surface area contributed by atoms with Crippen molar-refractivity contribution in [2.75, 3.05) is 33.2 Å². The van der Waals surface area contributed by atoms with Gasteiger partial charge in [0.25, 0.3) is 0 Å². The molecular formula is C14H27N3O. The summed E-state index contributed by atoms with van der Waals surface area (Å²) in [7, 11) is 2.07. The highest BCUT2D eigenvalue weighted by Crippen LogP contribution is 2.41. The zero-order chi connectivity index (χ0) is 13.2. The molecule has 4 nitrogen and oxygen atoms in total. The lowest BCUT2D eigenvalue weighted by Gasteiger charge is -2.41. The molecule has 1 saturated carbocycles. The minimum Gasteiger partial charge on any atom is -0.354 e. The number of piperazine rings is 1. The third-order valence-corrected chi connectivity index (χ3v) is 4.62. The fourth-order valence-corrected chi connectivity index (χ4v) is 2.84. The van der Waals surface area contributed by atoms with Gasteiger partial charge in [-0.3, -0.25) is 4.79 Å². The van der Waals surface area contributed by atoms with Gasteiger partial charge in [-0.05, 0) is 31.2 Å². The van der Waals surface area contributed by atoms with E-state index in [1.54, 1.807) is 0 Å². The molecule has 1 atom stereocenters. The fraction of sp³-hybridized carbons (Fsp3) is 0.929. The summed E-state index contributed by atoms with van der Waals surface area (Å²) in [4.78, 5) is 14.3. The van der Waals surface area contributed by atoms with Crippen molar-refractivity contribution >= 4 is 5.91 Å². The maximum Gasteiger partial charge on any atom is 0.238 e. The van der Waals surface area contributed by atoms with Gasteiger partial charge >= 0.3 is 0 Å². The van der Waals surface area contributed by atoms with Crippen LogP contribution in [-0.4, -0.2) is 50.1 Å². The lowest BCUT2D eigenvalue weighted by molar-refractivity contribution is -0.124. The zero-order valence-corrected chi connectivity index (χ0v) is 12.0. The second kappa shape index (κ2) is 5.57. The van der Waals surface area contributed by atoms with Gasteiger partial charge in [0.2, 0.25) is 5.91 Å². The van der Waals surface area contributed by atoms with E-state index in [1.165, 1.54) is 19.3 Å². The smallest absolute Gasteiger partial charge is 0.238 e. The molecular weight excluding hydrogens is 226 g/mol. The van der Waals surface area contributed by atoms with Crippen molar-refractivity contribution in [2.45, 2.75) is 39.2 Å². The average Bonchev–Trinajstić information content (AvgIpc) is 2.23. The van der Waals surface area contributed by atoms with Crippen LogP contribution >= 0.6 is 0 Å². The molecule has 0 spiro atoms. The van der Waals surface area contributed by atoms with Crippen LogP contribution in [0.1, 0.15) is 33.1 Å². The molecule has 2 rings (SSSR count). The van der Waals surface area contributed by atoms with E-state index >= 15 is 0 Å². The summed E-state index contributed by atoms with van der Waals surface area (Å²) < 4.78 is 0. The van der Waals surface area contributed by atoms with Crippen molar-refractivity contribution in [2.24, 2.45) is 11.3 Å². The first-order valence-electron chi connectivity index (χ1n) is 7.19. The number of rotatable bonds is 4. The van der Waals surface area contributed by atoms with Crippen molar-refractivity contribution in [3.05, 3.63) is 0 Å². The van der Waals surface area contributed by atoms with Crippen LogP contribution in [0.15, 0.2) is 0 Å². The van der Waals surface area contributed by atoms with E-state index in [-0.39, 0.29) is 17.4 Å². The van der Waals surface area contributed by atoms with Crippen LogP contribution < -0.4 is 10.6 Å². The van der Waals surface area contributed by atoms with E-state index < -0.39 is 0 Å². The molecule has 1 aliphatic heterocycles. The maximum atomic E-state index is 12.1. The van der Waals surface area contributed by atoms with Gasteiger partial charge < -0.3 is 15.5 Å².